The number of carboxylic acids is 1. The molecule has 0 rings (SSSR count). The fraction of sp³-hybridized carbons (Fsp3) is 0.760. The summed E-state index contributed by atoms with van der Waals surface area (Å²) in [5.41, 5.74) is 5.84. The van der Waals surface area contributed by atoms with Gasteiger partial charge in [0, 0.05) is 0 Å². The Bertz CT molecular complexity index is 846. The van der Waals surface area contributed by atoms with E-state index in [1.807, 2.05) is 27.7 Å². The van der Waals surface area contributed by atoms with Gasteiger partial charge in [-0.1, -0.05) is 41.5 Å². The van der Waals surface area contributed by atoms with Crippen LogP contribution in [0, 0.1) is 17.8 Å². The van der Waals surface area contributed by atoms with Gasteiger partial charge in [0.2, 0.25) is 29.5 Å². The van der Waals surface area contributed by atoms with Crippen molar-refractivity contribution in [1.82, 2.24) is 26.6 Å². The molecule has 0 heterocycles. The second-order valence-electron chi connectivity index (χ2n) is 10.7. The van der Waals surface area contributed by atoms with Gasteiger partial charge >= 0.3 is 5.97 Å². The summed E-state index contributed by atoms with van der Waals surface area (Å²) in [6.45, 7) is 13.3. The minimum absolute atomic E-state index is 0.0145. The van der Waals surface area contributed by atoms with Crippen LogP contribution in [0.4, 0.5) is 0 Å². The van der Waals surface area contributed by atoms with E-state index in [0.717, 1.165) is 0 Å². The fourth-order valence-electron chi connectivity index (χ4n) is 3.47. The minimum atomic E-state index is -1.22. The van der Waals surface area contributed by atoms with Crippen molar-refractivity contribution in [1.29, 1.82) is 0 Å². The van der Waals surface area contributed by atoms with Crippen molar-refractivity contribution < 1.29 is 33.9 Å². The van der Waals surface area contributed by atoms with E-state index in [9.17, 15) is 28.8 Å². The normalized spacial score (nSPS) is 15.2. The molecule has 0 radical (unpaired) electrons. The molecule has 0 aromatic carbocycles. The van der Waals surface area contributed by atoms with Crippen molar-refractivity contribution in [3.8, 4) is 0 Å². The maximum absolute atomic E-state index is 13.0. The lowest BCUT2D eigenvalue weighted by molar-refractivity contribution is -0.138. The summed E-state index contributed by atoms with van der Waals surface area (Å²) in [5, 5.41) is 21.3. The Hall–Kier alpha value is -3.22. The molecular formula is C25H46N6O7. The molecule has 13 heteroatoms. The van der Waals surface area contributed by atoms with Crippen LogP contribution in [0.1, 0.15) is 68.2 Å². The van der Waals surface area contributed by atoms with Crippen LogP contribution in [0.2, 0.25) is 0 Å². The van der Waals surface area contributed by atoms with E-state index in [4.69, 9.17) is 10.8 Å². The predicted octanol–water partition coefficient (Wildman–Crippen LogP) is -0.758. The zero-order chi connectivity index (χ0) is 29.7. The number of nitrogens with two attached hydrogens (primary N) is 1. The summed E-state index contributed by atoms with van der Waals surface area (Å²) in [6.07, 6.45) is 0.712. The molecule has 0 saturated carbocycles. The maximum Gasteiger partial charge on any atom is 0.322 e. The van der Waals surface area contributed by atoms with E-state index >= 15 is 0 Å². The molecule has 0 spiro atoms. The average molecular weight is 543 g/mol. The smallest absolute Gasteiger partial charge is 0.322 e. The molecule has 0 aliphatic heterocycles. The average Bonchev–Trinajstić information content (AvgIpc) is 2.78. The van der Waals surface area contributed by atoms with Crippen LogP contribution in [0.3, 0.4) is 0 Å². The van der Waals surface area contributed by atoms with Crippen molar-refractivity contribution in [2.45, 2.75) is 98.4 Å². The minimum Gasteiger partial charge on any atom is -0.480 e. The first-order chi connectivity index (χ1) is 17.5. The van der Waals surface area contributed by atoms with Crippen molar-refractivity contribution in [2.75, 3.05) is 6.54 Å². The van der Waals surface area contributed by atoms with Gasteiger partial charge in [0.15, 0.2) is 0 Å². The second-order valence-corrected chi connectivity index (χ2v) is 10.7. The number of aliphatic carboxylic acids is 1. The Morgan fingerprint density at radius 1 is 0.632 bits per heavy atom. The molecule has 0 saturated heterocycles. The lowest BCUT2D eigenvalue weighted by Crippen LogP contribution is -2.59. The molecule has 0 bridgehead atoms. The number of carbonyl (C=O) groups excluding carboxylic acids is 5. The van der Waals surface area contributed by atoms with Crippen molar-refractivity contribution in [2.24, 2.45) is 23.5 Å². The van der Waals surface area contributed by atoms with E-state index in [2.05, 4.69) is 26.6 Å². The monoisotopic (exact) mass is 542 g/mol. The van der Waals surface area contributed by atoms with Gasteiger partial charge in [-0.15, -0.1) is 0 Å². The molecule has 5 amide bonds. The van der Waals surface area contributed by atoms with Crippen LogP contribution in [-0.2, 0) is 28.8 Å². The molecule has 0 aromatic heterocycles. The van der Waals surface area contributed by atoms with E-state index in [1.165, 1.54) is 13.8 Å². The number of nitrogens with one attached hydrogen (secondary N) is 5. The molecule has 0 aliphatic rings. The van der Waals surface area contributed by atoms with Gasteiger partial charge in [0.25, 0.3) is 0 Å². The van der Waals surface area contributed by atoms with Gasteiger partial charge in [-0.05, 0) is 44.4 Å². The van der Waals surface area contributed by atoms with Crippen LogP contribution in [0.5, 0.6) is 0 Å². The largest absolute Gasteiger partial charge is 0.480 e. The third-order valence-corrected chi connectivity index (χ3v) is 5.57. The molecular weight excluding hydrogens is 496 g/mol. The van der Waals surface area contributed by atoms with Gasteiger partial charge in [-0.3, -0.25) is 28.8 Å². The van der Waals surface area contributed by atoms with E-state index < -0.39 is 72.3 Å². The highest BCUT2D eigenvalue weighted by molar-refractivity contribution is 5.96. The first kappa shape index (κ1) is 34.8. The number of carboxylic acid groups (broad SMARTS) is 1. The summed E-state index contributed by atoms with van der Waals surface area (Å²) in [6, 6.07) is -4.77. The second kappa shape index (κ2) is 16.6. The Morgan fingerprint density at radius 3 is 1.55 bits per heavy atom. The highest BCUT2D eigenvalue weighted by Crippen LogP contribution is 2.08. The molecule has 0 fully saturated rings. The molecule has 5 unspecified atom stereocenters. The molecule has 38 heavy (non-hydrogen) atoms. The Morgan fingerprint density at radius 2 is 1.11 bits per heavy atom. The number of carbonyl (C=O) groups is 6. The highest BCUT2D eigenvalue weighted by atomic mass is 16.4. The van der Waals surface area contributed by atoms with Crippen LogP contribution in [-0.4, -0.2) is 77.4 Å². The standard InChI is InChI=1S/C25H46N6O7/c1-12(2)9-17(26)23(36)29-15(7)21(34)28-16(8)22(35)31-20(14(5)6)25(38)30-18(10-13(3)4)24(37)27-11-19(32)33/h12-18,20H,9-11,26H2,1-8H3,(H,27,37)(H,28,34)(H,29,36)(H,30,38)(H,31,35)(H,32,33). The molecule has 13 nitrogen and oxygen atoms in total. The SMILES string of the molecule is CC(C)CC(N)C(=O)NC(C)C(=O)NC(C)C(=O)NC(C(=O)NC(CC(C)C)C(=O)NCC(=O)O)C(C)C. The van der Waals surface area contributed by atoms with Gasteiger partial charge < -0.3 is 37.4 Å². The zero-order valence-electron chi connectivity index (χ0n) is 23.7. The summed E-state index contributed by atoms with van der Waals surface area (Å²) in [7, 11) is 0. The highest BCUT2D eigenvalue weighted by Gasteiger charge is 2.31. The van der Waals surface area contributed by atoms with Gasteiger partial charge in [0.05, 0.1) is 6.04 Å². The Kier molecular flexibility index (Phi) is 15.2. The topological polar surface area (TPSA) is 209 Å². The number of hydrogen-bond acceptors (Lipinski definition) is 7. The third kappa shape index (κ3) is 13.4. The molecule has 5 atom stereocenters. The zero-order valence-corrected chi connectivity index (χ0v) is 23.7. The summed E-state index contributed by atoms with van der Waals surface area (Å²) in [5.74, 6) is -4.36. The van der Waals surface area contributed by atoms with E-state index in [-0.39, 0.29) is 24.2 Å². The summed E-state index contributed by atoms with van der Waals surface area (Å²) in [4.78, 5) is 73.7. The number of rotatable bonds is 16. The Balaban J connectivity index is 5.20. The fourth-order valence-corrected chi connectivity index (χ4v) is 3.47. The predicted molar refractivity (Wildman–Crippen MR) is 141 cm³/mol. The molecule has 0 aliphatic carbocycles. The van der Waals surface area contributed by atoms with E-state index in [0.29, 0.717) is 6.42 Å². The number of hydrogen-bond donors (Lipinski definition) is 7. The maximum atomic E-state index is 13.0. The van der Waals surface area contributed by atoms with Crippen molar-refractivity contribution >= 4 is 35.5 Å². The Labute approximate surface area is 224 Å². The summed E-state index contributed by atoms with van der Waals surface area (Å²) < 4.78 is 0. The lowest BCUT2D eigenvalue weighted by atomic mass is 9.99. The van der Waals surface area contributed by atoms with Crippen LogP contribution in [0.25, 0.3) is 0 Å². The summed E-state index contributed by atoms with van der Waals surface area (Å²) >= 11 is 0. The van der Waals surface area contributed by atoms with Crippen molar-refractivity contribution in [3.05, 3.63) is 0 Å². The molecule has 218 valence electrons. The van der Waals surface area contributed by atoms with Crippen LogP contribution >= 0.6 is 0 Å². The van der Waals surface area contributed by atoms with Crippen LogP contribution in [0.15, 0.2) is 0 Å². The van der Waals surface area contributed by atoms with Crippen LogP contribution < -0.4 is 32.3 Å². The quantitative estimate of drug-likeness (QED) is 0.131. The third-order valence-electron chi connectivity index (χ3n) is 5.57. The van der Waals surface area contributed by atoms with Gasteiger partial charge in [0.1, 0.15) is 30.7 Å². The van der Waals surface area contributed by atoms with Gasteiger partial charge in [-0.25, -0.2) is 0 Å². The number of amides is 5. The molecule has 0 aromatic rings. The van der Waals surface area contributed by atoms with E-state index in [1.54, 1.807) is 13.8 Å². The molecule has 8 N–H and O–H groups in total. The van der Waals surface area contributed by atoms with Crippen molar-refractivity contribution in [3.63, 3.8) is 0 Å². The first-order valence-electron chi connectivity index (χ1n) is 12.9. The lowest BCUT2D eigenvalue weighted by Gasteiger charge is -2.27. The first-order valence-corrected chi connectivity index (χ1v) is 12.9. The van der Waals surface area contributed by atoms with Gasteiger partial charge in [-0.2, -0.15) is 0 Å².